The van der Waals surface area contributed by atoms with Crippen LogP contribution in [0.4, 0.5) is 0 Å². The molecule has 1 aliphatic rings. The molecule has 0 N–H and O–H groups in total. The molecule has 4 rings (SSSR count). The predicted molar refractivity (Wildman–Crippen MR) is 79.9 cm³/mol. The van der Waals surface area contributed by atoms with E-state index in [2.05, 4.69) is 54.6 Å². The second-order valence-corrected chi connectivity index (χ2v) is 4.74. The first-order valence-corrected chi connectivity index (χ1v) is 6.36. The zero-order valence-corrected chi connectivity index (χ0v) is 10.3. The molecule has 90 valence electrons. The molecule has 0 unspecified atom stereocenters. The van der Waals surface area contributed by atoms with Crippen molar-refractivity contribution in [3.8, 4) is 0 Å². The minimum Gasteiger partial charge on any atom is -0.472 e. The lowest BCUT2D eigenvalue weighted by atomic mass is 10.0. The SMILES string of the molecule is C1=COC=c2ccc3cc4ccccc4cc3c2=C1. The van der Waals surface area contributed by atoms with Gasteiger partial charge in [-0.3, -0.25) is 0 Å². The van der Waals surface area contributed by atoms with Gasteiger partial charge in [-0.1, -0.05) is 42.5 Å². The summed E-state index contributed by atoms with van der Waals surface area (Å²) in [6, 6.07) is 17.2. The van der Waals surface area contributed by atoms with E-state index in [4.69, 9.17) is 4.74 Å². The first-order valence-electron chi connectivity index (χ1n) is 6.36. The van der Waals surface area contributed by atoms with Gasteiger partial charge in [-0.25, -0.2) is 0 Å². The van der Waals surface area contributed by atoms with E-state index in [1.807, 2.05) is 6.08 Å². The fourth-order valence-corrected chi connectivity index (χ4v) is 2.64. The van der Waals surface area contributed by atoms with E-state index in [-0.39, 0.29) is 0 Å². The van der Waals surface area contributed by atoms with Crippen molar-refractivity contribution in [3.63, 3.8) is 0 Å². The number of fused-ring (bicyclic) bond motifs is 4. The summed E-state index contributed by atoms with van der Waals surface area (Å²) in [7, 11) is 0. The minimum absolute atomic E-state index is 1.12. The number of rotatable bonds is 0. The van der Waals surface area contributed by atoms with Crippen molar-refractivity contribution < 1.29 is 4.74 Å². The smallest absolute Gasteiger partial charge is 0.0979 e. The largest absolute Gasteiger partial charge is 0.472 e. The molecule has 1 nitrogen and oxygen atoms in total. The van der Waals surface area contributed by atoms with Gasteiger partial charge in [0.1, 0.15) is 0 Å². The van der Waals surface area contributed by atoms with Crippen molar-refractivity contribution in [2.45, 2.75) is 0 Å². The van der Waals surface area contributed by atoms with Crippen LogP contribution in [-0.4, -0.2) is 0 Å². The first kappa shape index (κ1) is 10.4. The van der Waals surface area contributed by atoms with Crippen LogP contribution in [0.25, 0.3) is 33.9 Å². The van der Waals surface area contributed by atoms with Crippen LogP contribution in [0.1, 0.15) is 0 Å². The van der Waals surface area contributed by atoms with Gasteiger partial charge in [-0.2, -0.15) is 0 Å². The van der Waals surface area contributed by atoms with Crippen LogP contribution in [0.3, 0.4) is 0 Å². The lowest BCUT2D eigenvalue weighted by Crippen LogP contribution is -2.24. The number of hydrogen-bond acceptors (Lipinski definition) is 1. The number of benzene rings is 3. The Balaban J connectivity index is 2.25. The van der Waals surface area contributed by atoms with Gasteiger partial charge in [0, 0.05) is 5.22 Å². The first-order chi connectivity index (χ1) is 9.42. The van der Waals surface area contributed by atoms with Crippen LogP contribution in [-0.2, 0) is 4.74 Å². The topological polar surface area (TPSA) is 9.23 Å². The summed E-state index contributed by atoms with van der Waals surface area (Å²) in [5.41, 5.74) is 0. The molecule has 0 spiro atoms. The Labute approximate surface area is 110 Å². The number of hydrogen-bond donors (Lipinski definition) is 0. The summed E-state index contributed by atoms with van der Waals surface area (Å²) in [5.74, 6) is 0. The van der Waals surface area contributed by atoms with Crippen molar-refractivity contribution in [1.29, 1.82) is 0 Å². The quantitative estimate of drug-likeness (QED) is 0.552. The predicted octanol–water partition coefficient (Wildman–Crippen LogP) is 3.06. The van der Waals surface area contributed by atoms with Crippen molar-refractivity contribution in [3.05, 3.63) is 71.3 Å². The van der Waals surface area contributed by atoms with Crippen LogP contribution in [0, 0.1) is 0 Å². The molecule has 0 amide bonds. The van der Waals surface area contributed by atoms with Crippen LogP contribution in [0.2, 0.25) is 0 Å². The highest BCUT2D eigenvalue weighted by Gasteiger charge is 2.01. The van der Waals surface area contributed by atoms with Gasteiger partial charge in [0.2, 0.25) is 0 Å². The van der Waals surface area contributed by atoms with Crippen molar-refractivity contribution in [2.24, 2.45) is 0 Å². The molecule has 0 saturated carbocycles. The molecule has 0 radical (unpaired) electrons. The second kappa shape index (κ2) is 3.99. The molecule has 0 fully saturated rings. The molecule has 1 aliphatic heterocycles. The van der Waals surface area contributed by atoms with Gasteiger partial charge < -0.3 is 4.74 Å². The highest BCUT2D eigenvalue weighted by Crippen LogP contribution is 2.19. The lowest BCUT2D eigenvalue weighted by molar-refractivity contribution is 0.461. The highest BCUT2D eigenvalue weighted by molar-refractivity contribution is 5.98. The van der Waals surface area contributed by atoms with Crippen molar-refractivity contribution in [1.82, 2.24) is 0 Å². The summed E-state index contributed by atoms with van der Waals surface area (Å²) < 4.78 is 5.32. The van der Waals surface area contributed by atoms with E-state index in [1.165, 1.54) is 26.8 Å². The summed E-state index contributed by atoms with van der Waals surface area (Å²) in [6.07, 6.45) is 7.55. The van der Waals surface area contributed by atoms with Gasteiger partial charge in [-0.05, 0) is 45.0 Å². The average molecular weight is 244 g/mol. The Morgan fingerprint density at radius 3 is 2.53 bits per heavy atom. The van der Waals surface area contributed by atoms with Gasteiger partial charge in [0.25, 0.3) is 0 Å². The maximum atomic E-state index is 5.32. The van der Waals surface area contributed by atoms with Gasteiger partial charge >= 0.3 is 0 Å². The molecule has 0 aromatic heterocycles. The monoisotopic (exact) mass is 244 g/mol. The molecular formula is C18H12O. The van der Waals surface area contributed by atoms with Crippen molar-refractivity contribution >= 4 is 33.9 Å². The molecule has 3 aromatic rings. The Morgan fingerprint density at radius 2 is 1.63 bits per heavy atom. The van der Waals surface area contributed by atoms with E-state index in [1.54, 1.807) is 12.5 Å². The van der Waals surface area contributed by atoms with Crippen LogP contribution in [0.15, 0.2) is 60.9 Å². The molecule has 19 heavy (non-hydrogen) atoms. The lowest BCUT2D eigenvalue weighted by Gasteiger charge is -2.03. The molecular weight excluding hydrogens is 232 g/mol. The van der Waals surface area contributed by atoms with Crippen LogP contribution >= 0.6 is 0 Å². The third-order valence-electron chi connectivity index (χ3n) is 3.58. The van der Waals surface area contributed by atoms with E-state index in [9.17, 15) is 0 Å². The van der Waals surface area contributed by atoms with E-state index < -0.39 is 0 Å². The summed E-state index contributed by atoms with van der Waals surface area (Å²) in [6.45, 7) is 0. The maximum absolute atomic E-state index is 5.32. The van der Waals surface area contributed by atoms with E-state index in [0.717, 1.165) is 5.22 Å². The summed E-state index contributed by atoms with van der Waals surface area (Å²) in [5, 5.41) is 7.41. The highest BCUT2D eigenvalue weighted by atomic mass is 16.5. The number of allylic oxidation sites excluding steroid dienone is 1. The Kier molecular flexibility index (Phi) is 2.18. The fraction of sp³-hybridized carbons (Fsp3) is 0. The van der Waals surface area contributed by atoms with Gasteiger partial charge in [0.05, 0.1) is 12.5 Å². The van der Waals surface area contributed by atoms with Gasteiger partial charge in [0.15, 0.2) is 0 Å². The maximum Gasteiger partial charge on any atom is 0.0979 e. The zero-order chi connectivity index (χ0) is 12.7. The standard InChI is InChI=1S/C18H12O/c1-2-5-14-11-18-15(10-13(14)4-1)7-8-16-12-19-9-3-6-17(16)18/h1-12H. The normalized spacial score (nSPS) is 13.3. The third kappa shape index (κ3) is 1.63. The van der Waals surface area contributed by atoms with E-state index >= 15 is 0 Å². The molecule has 1 heterocycles. The van der Waals surface area contributed by atoms with Crippen molar-refractivity contribution in [2.75, 3.05) is 0 Å². The minimum atomic E-state index is 1.12. The fourth-order valence-electron chi connectivity index (χ4n) is 2.64. The second-order valence-electron chi connectivity index (χ2n) is 4.74. The average Bonchev–Trinajstić information content (AvgIpc) is 2.70. The zero-order valence-electron chi connectivity index (χ0n) is 10.3. The molecule has 0 saturated heterocycles. The van der Waals surface area contributed by atoms with Crippen LogP contribution in [0.5, 0.6) is 0 Å². The van der Waals surface area contributed by atoms with E-state index in [0.29, 0.717) is 0 Å². The molecule has 3 aromatic carbocycles. The molecule has 1 heteroatoms. The van der Waals surface area contributed by atoms with Gasteiger partial charge in [-0.15, -0.1) is 0 Å². The third-order valence-corrected chi connectivity index (χ3v) is 3.58. The van der Waals surface area contributed by atoms with Crippen LogP contribution < -0.4 is 10.4 Å². The Bertz CT molecular complexity index is 933. The molecule has 0 bridgehead atoms. The molecule has 0 aliphatic carbocycles. The molecule has 0 atom stereocenters. The Morgan fingerprint density at radius 1 is 0.789 bits per heavy atom. The summed E-state index contributed by atoms with van der Waals surface area (Å²) >= 11 is 0. The Hall–Kier alpha value is -2.54. The number of ether oxygens (including phenoxy) is 1. The summed E-state index contributed by atoms with van der Waals surface area (Å²) in [4.78, 5) is 0.